The third-order valence-corrected chi connectivity index (χ3v) is 7.85. The molecule has 1 aliphatic rings. The SMILES string of the molecule is Cc1cccc(C)c1N(C(=O)Oc1cccc(-c2ccccc2)c1)c1ccnc(Nc2ccc(N3CCN(C)CC3)cc2)n1. The summed E-state index contributed by atoms with van der Waals surface area (Å²) in [4.78, 5) is 29.4. The lowest BCUT2D eigenvalue weighted by atomic mass is 10.1. The van der Waals surface area contributed by atoms with Gasteiger partial charge < -0.3 is 19.9 Å². The topological polar surface area (TPSA) is 73.8 Å². The molecule has 0 atom stereocenters. The fourth-order valence-corrected chi connectivity index (χ4v) is 5.46. The minimum atomic E-state index is -0.561. The van der Waals surface area contributed by atoms with E-state index in [2.05, 4.69) is 39.3 Å². The molecule has 8 nitrogen and oxygen atoms in total. The van der Waals surface area contributed by atoms with Crippen molar-refractivity contribution in [3.63, 3.8) is 0 Å². The van der Waals surface area contributed by atoms with Crippen LogP contribution in [0, 0.1) is 13.8 Å². The van der Waals surface area contributed by atoms with E-state index in [1.807, 2.05) is 92.7 Å². The number of anilines is 5. The Balaban J connectivity index is 1.27. The van der Waals surface area contributed by atoms with Gasteiger partial charge in [-0.05, 0) is 79.5 Å². The highest BCUT2D eigenvalue weighted by Gasteiger charge is 2.25. The lowest BCUT2D eigenvalue weighted by Gasteiger charge is -2.34. The first-order valence-electron chi connectivity index (χ1n) is 14.8. The second-order valence-corrected chi connectivity index (χ2v) is 11.0. The number of hydrogen-bond acceptors (Lipinski definition) is 7. The van der Waals surface area contributed by atoms with E-state index in [4.69, 9.17) is 9.72 Å². The van der Waals surface area contributed by atoms with Gasteiger partial charge in [0.05, 0.1) is 5.69 Å². The lowest BCUT2D eigenvalue weighted by Crippen LogP contribution is -2.44. The van der Waals surface area contributed by atoms with Gasteiger partial charge in [-0.25, -0.2) is 14.7 Å². The van der Waals surface area contributed by atoms with E-state index >= 15 is 0 Å². The molecule has 1 N–H and O–H groups in total. The maximum atomic E-state index is 14.0. The summed E-state index contributed by atoms with van der Waals surface area (Å²) >= 11 is 0. The smallest absolute Gasteiger partial charge is 0.410 e. The van der Waals surface area contributed by atoms with Crippen LogP contribution in [0.15, 0.2) is 109 Å². The number of rotatable bonds is 7. The number of likely N-dealkylation sites (N-methyl/N-ethyl adjacent to an activating group) is 1. The molecular weight excluding hydrogens is 548 g/mol. The Labute approximate surface area is 258 Å². The number of aromatic nitrogens is 2. The third kappa shape index (κ3) is 6.55. The fourth-order valence-electron chi connectivity index (χ4n) is 5.46. The molecule has 0 spiro atoms. The Bertz CT molecular complexity index is 1710. The summed E-state index contributed by atoms with van der Waals surface area (Å²) < 4.78 is 5.99. The fraction of sp³-hybridized carbons (Fsp3) is 0.194. The molecule has 1 amide bonds. The van der Waals surface area contributed by atoms with Crippen LogP contribution < -0.4 is 19.9 Å². The number of piperazine rings is 1. The van der Waals surface area contributed by atoms with Crippen LogP contribution in [0.5, 0.6) is 5.75 Å². The lowest BCUT2D eigenvalue weighted by molar-refractivity contribution is 0.210. The highest BCUT2D eigenvalue weighted by atomic mass is 16.6. The summed E-state index contributed by atoms with van der Waals surface area (Å²) in [6.07, 6.45) is 1.08. The van der Waals surface area contributed by atoms with Crippen LogP contribution in [0.2, 0.25) is 0 Å². The third-order valence-electron chi connectivity index (χ3n) is 7.85. The van der Waals surface area contributed by atoms with Gasteiger partial charge >= 0.3 is 6.09 Å². The molecule has 1 fully saturated rings. The summed E-state index contributed by atoms with van der Waals surface area (Å²) in [6, 6.07) is 33.5. The highest BCUT2D eigenvalue weighted by molar-refractivity contribution is 5.98. The molecule has 0 saturated carbocycles. The first kappa shape index (κ1) is 28.9. The van der Waals surface area contributed by atoms with Crippen molar-refractivity contribution in [1.29, 1.82) is 0 Å². The van der Waals surface area contributed by atoms with E-state index in [0.29, 0.717) is 17.5 Å². The van der Waals surface area contributed by atoms with E-state index in [1.165, 1.54) is 10.6 Å². The van der Waals surface area contributed by atoms with Gasteiger partial charge in [-0.1, -0.05) is 60.7 Å². The number of nitrogens with one attached hydrogen (secondary N) is 1. The van der Waals surface area contributed by atoms with Crippen LogP contribution >= 0.6 is 0 Å². The number of amides is 1. The number of ether oxygens (including phenoxy) is 1. The second kappa shape index (κ2) is 13.0. The van der Waals surface area contributed by atoms with E-state index in [1.54, 1.807) is 18.3 Å². The largest absolute Gasteiger partial charge is 0.425 e. The monoisotopic (exact) mass is 584 g/mol. The summed E-state index contributed by atoms with van der Waals surface area (Å²) in [7, 11) is 2.16. The summed E-state index contributed by atoms with van der Waals surface area (Å²) in [6.45, 7) is 8.07. The quantitative estimate of drug-likeness (QED) is 0.211. The molecule has 4 aromatic carbocycles. The molecule has 0 bridgehead atoms. The zero-order valence-corrected chi connectivity index (χ0v) is 25.3. The molecule has 44 heavy (non-hydrogen) atoms. The first-order chi connectivity index (χ1) is 21.4. The van der Waals surface area contributed by atoms with Gasteiger partial charge in [-0.15, -0.1) is 0 Å². The summed E-state index contributed by atoms with van der Waals surface area (Å²) in [5.41, 5.74) is 6.62. The average molecular weight is 585 g/mol. The molecule has 1 aromatic heterocycles. The van der Waals surface area contributed by atoms with E-state index in [0.717, 1.165) is 59.8 Å². The molecule has 222 valence electrons. The van der Waals surface area contributed by atoms with Crippen molar-refractivity contribution < 1.29 is 9.53 Å². The predicted octanol–water partition coefficient (Wildman–Crippen LogP) is 7.59. The zero-order valence-electron chi connectivity index (χ0n) is 25.3. The molecule has 1 aliphatic heterocycles. The van der Waals surface area contributed by atoms with Gasteiger partial charge in [0.25, 0.3) is 0 Å². The van der Waals surface area contributed by atoms with Gasteiger partial charge in [0.2, 0.25) is 5.95 Å². The van der Waals surface area contributed by atoms with Gasteiger partial charge in [-0.3, -0.25) is 0 Å². The van der Waals surface area contributed by atoms with Crippen LogP contribution in [0.4, 0.5) is 33.6 Å². The van der Waals surface area contributed by atoms with Crippen molar-refractivity contribution in [3.05, 3.63) is 120 Å². The molecule has 0 aliphatic carbocycles. The van der Waals surface area contributed by atoms with Crippen LogP contribution in [-0.2, 0) is 0 Å². The normalized spacial score (nSPS) is 13.4. The Morgan fingerprint density at radius 1 is 0.795 bits per heavy atom. The maximum Gasteiger partial charge on any atom is 0.425 e. The van der Waals surface area contributed by atoms with Crippen molar-refractivity contribution in [2.24, 2.45) is 0 Å². The number of aryl methyl sites for hydroxylation is 2. The summed E-state index contributed by atoms with van der Waals surface area (Å²) in [5, 5.41) is 3.30. The molecule has 8 heteroatoms. The number of carbonyl (C=O) groups is 1. The Morgan fingerprint density at radius 3 is 2.20 bits per heavy atom. The van der Waals surface area contributed by atoms with Crippen molar-refractivity contribution in [2.45, 2.75) is 13.8 Å². The molecular formula is C36H36N6O2. The number of benzene rings is 4. The van der Waals surface area contributed by atoms with Crippen molar-refractivity contribution >= 4 is 34.9 Å². The van der Waals surface area contributed by atoms with Crippen LogP contribution in [-0.4, -0.2) is 54.2 Å². The molecule has 2 heterocycles. The van der Waals surface area contributed by atoms with Crippen molar-refractivity contribution in [2.75, 3.05) is 48.3 Å². The van der Waals surface area contributed by atoms with Crippen LogP contribution in [0.3, 0.4) is 0 Å². The molecule has 0 unspecified atom stereocenters. The number of carbonyl (C=O) groups excluding carboxylic acids is 1. The molecule has 5 aromatic rings. The zero-order chi connectivity index (χ0) is 30.5. The van der Waals surface area contributed by atoms with E-state index in [9.17, 15) is 4.79 Å². The Morgan fingerprint density at radius 2 is 1.48 bits per heavy atom. The first-order valence-corrected chi connectivity index (χ1v) is 14.8. The minimum Gasteiger partial charge on any atom is -0.410 e. The number of nitrogens with zero attached hydrogens (tertiary/aromatic N) is 5. The van der Waals surface area contributed by atoms with Crippen molar-refractivity contribution in [1.82, 2.24) is 14.9 Å². The second-order valence-electron chi connectivity index (χ2n) is 11.0. The van der Waals surface area contributed by atoms with Gasteiger partial charge in [0.1, 0.15) is 11.6 Å². The Hall–Kier alpha value is -5.21. The Kier molecular flexibility index (Phi) is 8.52. The average Bonchev–Trinajstić information content (AvgIpc) is 3.04. The van der Waals surface area contributed by atoms with Crippen LogP contribution in [0.1, 0.15) is 11.1 Å². The molecule has 6 rings (SSSR count). The van der Waals surface area contributed by atoms with Gasteiger partial charge in [0.15, 0.2) is 0 Å². The molecule has 0 radical (unpaired) electrons. The van der Waals surface area contributed by atoms with Crippen molar-refractivity contribution in [3.8, 4) is 16.9 Å². The predicted molar refractivity (Wildman–Crippen MR) is 177 cm³/mol. The van der Waals surface area contributed by atoms with Crippen LogP contribution in [0.25, 0.3) is 11.1 Å². The standard InChI is InChI=1S/C36H36N6O2/c1-26-9-7-10-27(2)34(26)42(36(43)44-32-14-8-13-29(25-32)28-11-5-4-6-12-28)33-19-20-37-35(39-33)38-30-15-17-31(18-16-30)41-23-21-40(3)22-24-41/h4-20,25H,21-24H2,1-3H3,(H,37,38,39). The minimum absolute atomic E-state index is 0.380. The number of hydrogen-bond donors (Lipinski definition) is 1. The maximum absolute atomic E-state index is 14.0. The van der Waals surface area contributed by atoms with Gasteiger partial charge in [-0.2, -0.15) is 4.98 Å². The molecule has 1 saturated heterocycles. The van der Waals surface area contributed by atoms with Gasteiger partial charge in [0, 0.05) is 49.8 Å². The van der Waals surface area contributed by atoms with E-state index < -0.39 is 6.09 Å². The highest BCUT2D eigenvalue weighted by Crippen LogP contribution is 2.33. The van der Waals surface area contributed by atoms with E-state index in [-0.39, 0.29) is 0 Å². The summed E-state index contributed by atoms with van der Waals surface area (Å²) in [5.74, 6) is 1.23. The number of para-hydroxylation sites is 1.